The number of guanidine groups is 1. The summed E-state index contributed by atoms with van der Waals surface area (Å²) in [6.45, 7) is 0. The molecule has 1 saturated carbocycles. The summed E-state index contributed by atoms with van der Waals surface area (Å²) in [5.74, 6) is 0.843. The maximum Gasteiger partial charge on any atom is 0.193 e. The van der Waals surface area contributed by atoms with Crippen LogP contribution in [-0.2, 0) is 0 Å². The van der Waals surface area contributed by atoms with E-state index in [9.17, 15) is 5.11 Å². The first-order valence-corrected chi connectivity index (χ1v) is 5.24. The third-order valence-electron chi connectivity index (χ3n) is 2.68. The van der Waals surface area contributed by atoms with Gasteiger partial charge in [0.1, 0.15) is 0 Å². The normalized spacial score (nSPS) is 28.7. The van der Waals surface area contributed by atoms with Crippen molar-refractivity contribution in [2.24, 2.45) is 4.99 Å². The summed E-state index contributed by atoms with van der Waals surface area (Å²) in [6, 6.07) is 0.171. The van der Waals surface area contributed by atoms with E-state index in [4.69, 9.17) is 0 Å². The summed E-state index contributed by atoms with van der Waals surface area (Å²) in [7, 11) is 5.66. The number of nitrogens with one attached hydrogen (secondary N) is 1. The van der Waals surface area contributed by atoms with Crippen molar-refractivity contribution in [1.82, 2.24) is 10.2 Å². The predicted molar refractivity (Wildman–Crippen MR) is 58.4 cm³/mol. The Balaban J connectivity index is 2.48. The smallest absolute Gasteiger partial charge is 0.193 e. The second kappa shape index (κ2) is 5.20. The first-order valence-electron chi connectivity index (χ1n) is 5.24. The summed E-state index contributed by atoms with van der Waals surface area (Å²) in [5, 5.41) is 13.0. The van der Waals surface area contributed by atoms with Crippen LogP contribution in [0.15, 0.2) is 4.99 Å². The van der Waals surface area contributed by atoms with E-state index in [2.05, 4.69) is 10.3 Å². The molecule has 1 aliphatic carbocycles. The third kappa shape index (κ3) is 2.87. The Morgan fingerprint density at radius 2 is 2.00 bits per heavy atom. The molecule has 0 aliphatic heterocycles. The Bertz CT molecular complexity index is 204. The molecule has 82 valence electrons. The van der Waals surface area contributed by atoms with Crippen LogP contribution in [-0.4, -0.2) is 49.3 Å². The second-order valence-corrected chi connectivity index (χ2v) is 4.04. The molecule has 0 aromatic heterocycles. The van der Waals surface area contributed by atoms with Gasteiger partial charge in [0.2, 0.25) is 0 Å². The molecular formula is C10H21N3O. The van der Waals surface area contributed by atoms with Crippen LogP contribution in [0, 0.1) is 0 Å². The molecule has 0 unspecified atom stereocenters. The zero-order valence-corrected chi connectivity index (χ0v) is 9.32. The molecule has 0 radical (unpaired) electrons. The topological polar surface area (TPSA) is 47.9 Å². The summed E-state index contributed by atoms with van der Waals surface area (Å²) in [4.78, 5) is 6.07. The number of hydrogen-bond acceptors (Lipinski definition) is 2. The Kier molecular flexibility index (Phi) is 4.20. The van der Waals surface area contributed by atoms with E-state index in [1.54, 1.807) is 7.05 Å². The molecule has 1 aliphatic rings. The minimum absolute atomic E-state index is 0.171. The van der Waals surface area contributed by atoms with Crippen LogP contribution in [0.5, 0.6) is 0 Å². The van der Waals surface area contributed by atoms with E-state index in [1.165, 1.54) is 6.42 Å². The highest BCUT2D eigenvalue weighted by molar-refractivity contribution is 5.79. The zero-order valence-electron chi connectivity index (χ0n) is 9.32. The molecule has 0 bridgehead atoms. The number of aliphatic imine (C=N–C) groups is 1. The van der Waals surface area contributed by atoms with E-state index in [0.717, 1.165) is 25.2 Å². The van der Waals surface area contributed by atoms with Crippen LogP contribution < -0.4 is 5.32 Å². The number of rotatable bonds is 1. The number of aliphatic hydroxyl groups excluding tert-OH is 1. The van der Waals surface area contributed by atoms with Crippen LogP contribution in [0.25, 0.3) is 0 Å². The average molecular weight is 199 g/mol. The molecule has 4 nitrogen and oxygen atoms in total. The van der Waals surface area contributed by atoms with E-state index < -0.39 is 0 Å². The maximum atomic E-state index is 9.76. The molecule has 0 aromatic rings. The second-order valence-electron chi connectivity index (χ2n) is 4.04. The summed E-state index contributed by atoms with van der Waals surface area (Å²) < 4.78 is 0. The van der Waals surface area contributed by atoms with Gasteiger partial charge >= 0.3 is 0 Å². The Morgan fingerprint density at radius 3 is 2.50 bits per heavy atom. The Hall–Kier alpha value is -0.770. The maximum absolute atomic E-state index is 9.76. The van der Waals surface area contributed by atoms with Crippen molar-refractivity contribution in [3.05, 3.63) is 0 Å². The van der Waals surface area contributed by atoms with Crippen molar-refractivity contribution >= 4 is 5.96 Å². The quantitative estimate of drug-likeness (QED) is 0.475. The monoisotopic (exact) mass is 199 g/mol. The molecule has 2 atom stereocenters. The zero-order chi connectivity index (χ0) is 10.6. The first-order chi connectivity index (χ1) is 6.65. The number of nitrogens with zero attached hydrogens (tertiary/aromatic N) is 2. The van der Waals surface area contributed by atoms with E-state index in [1.807, 2.05) is 19.0 Å². The predicted octanol–water partition coefficient (Wildman–Crippen LogP) is 0.427. The third-order valence-corrected chi connectivity index (χ3v) is 2.68. The van der Waals surface area contributed by atoms with Crippen LogP contribution in [0.3, 0.4) is 0 Å². The van der Waals surface area contributed by atoms with Crippen LogP contribution in [0.2, 0.25) is 0 Å². The minimum Gasteiger partial charge on any atom is -0.391 e. The van der Waals surface area contributed by atoms with Crippen molar-refractivity contribution in [2.75, 3.05) is 21.1 Å². The fourth-order valence-electron chi connectivity index (χ4n) is 1.84. The standard InChI is InChI=1S/C10H21N3O/c1-11-10(13(2)3)12-8-6-4-5-7-9(8)14/h8-9,14H,4-7H2,1-3H3,(H,11,12)/t8-,9-/m1/s1. The van der Waals surface area contributed by atoms with Gasteiger partial charge in [-0.1, -0.05) is 12.8 Å². The van der Waals surface area contributed by atoms with Gasteiger partial charge in [-0.2, -0.15) is 0 Å². The fraction of sp³-hybridized carbons (Fsp3) is 0.900. The van der Waals surface area contributed by atoms with Gasteiger partial charge in [0, 0.05) is 21.1 Å². The lowest BCUT2D eigenvalue weighted by Crippen LogP contribution is -2.49. The van der Waals surface area contributed by atoms with Crippen LogP contribution in [0.1, 0.15) is 25.7 Å². The molecule has 1 rings (SSSR count). The highest BCUT2D eigenvalue weighted by Gasteiger charge is 2.23. The molecular weight excluding hydrogens is 178 g/mol. The lowest BCUT2D eigenvalue weighted by Gasteiger charge is -2.31. The van der Waals surface area contributed by atoms with E-state index >= 15 is 0 Å². The van der Waals surface area contributed by atoms with E-state index in [-0.39, 0.29) is 12.1 Å². The van der Waals surface area contributed by atoms with E-state index in [0.29, 0.717) is 0 Å². The first kappa shape index (κ1) is 11.3. The molecule has 14 heavy (non-hydrogen) atoms. The Labute approximate surface area is 86.0 Å². The van der Waals surface area contributed by atoms with Crippen molar-refractivity contribution in [3.63, 3.8) is 0 Å². The van der Waals surface area contributed by atoms with Gasteiger partial charge < -0.3 is 15.3 Å². The van der Waals surface area contributed by atoms with Gasteiger partial charge in [0.05, 0.1) is 12.1 Å². The summed E-state index contributed by atoms with van der Waals surface area (Å²) >= 11 is 0. The van der Waals surface area contributed by atoms with Gasteiger partial charge in [-0.15, -0.1) is 0 Å². The Morgan fingerprint density at radius 1 is 1.36 bits per heavy atom. The van der Waals surface area contributed by atoms with Crippen LogP contribution >= 0.6 is 0 Å². The number of aliphatic hydroxyl groups is 1. The fourth-order valence-corrected chi connectivity index (χ4v) is 1.84. The van der Waals surface area contributed by atoms with Gasteiger partial charge in [0.15, 0.2) is 5.96 Å². The average Bonchev–Trinajstić information content (AvgIpc) is 2.16. The lowest BCUT2D eigenvalue weighted by atomic mass is 9.93. The summed E-state index contributed by atoms with van der Waals surface area (Å²) in [6.07, 6.45) is 4.05. The molecule has 0 saturated heterocycles. The molecule has 1 fully saturated rings. The SMILES string of the molecule is C/N=C(/N[C@@H]1CCCC[C@H]1O)N(C)C. The highest BCUT2D eigenvalue weighted by Crippen LogP contribution is 2.18. The van der Waals surface area contributed by atoms with Gasteiger partial charge in [-0.25, -0.2) is 0 Å². The molecule has 0 aromatic carbocycles. The summed E-state index contributed by atoms with van der Waals surface area (Å²) in [5.41, 5.74) is 0. The van der Waals surface area contributed by atoms with Crippen molar-refractivity contribution in [3.8, 4) is 0 Å². The molecule has 0 amide bonds. The molecule has 4 heteroatoms. The van der Waals surface area contributed by atoms with Crippen molar-refractivity contribution < 1.29 is 5.11 Å². The molecule has 2 N–H and O–H groups in total. The molecule has 0 spiro atoms. The van der Waals surface area contributed by atoms with Crippen molar-refractivity contribution in [2.45, 2.75) is 37.8 Å². The van der Waals surface area contributed by atoms with Crippen molar-refractivity contribution in [1.29, 1.82) is 0 Å². The largest absolute Gasteiger partial charge is 0.391 e. The van der Waals surface area contributed by atoms with Gasteiger partial charge in [-0.3, -0.25) is 4.99 Å². The minimum atomic E-state index is -0.222. The van der Waals surface area contributed by atoms with Crippen LogP contribution in [0.4, 0.5) is 0 Å². The lowest BCUT2D eigenvalue weighted by molar-refractivity contribution is 0.0985. The number of hydrogen-bond donors (Lipinski definition) is 2. The van der Waals surface area contributed by atoms with Gasteiger partial charge in [0.25, 0.3) is 0 Å². The highest BCUT2D eigenvalue weighted by atomic mass is 16.3. The van der Waals surface area contributed by atoms with Gasteiger partial charge in [-0.05, 0) is 12.8 Å². The molecule has 0 heterocycles.